The molecule has 0 aliphatic carbocycles. The van der Waals surface area contributed by atoms with Crippen molar-refractivity contribution < 1.29 is 4.79 Å². The van der Waals surface area contributed by atoms with Gasteiger partial charge in [-0.05, 0) is 31.5 Å². The predicted molar refractivity (Wildman–Crippen MR) is 75.7 cm³/mol. The molecule has 2 aromatic rings. The molecule has 1 amide bonds. The first-order valence-corrected chi connectivity index (χ1v) is 6.15. The topological polar surface area (TPSA) is 68.0 Å². The highest BCUT2D eigenvalue weighted by Gasteiger charge is 2.12. The molecule has 4 nitrogen and oxygen atoms in total. The summed E-state index contributed by atoms with van der Waals surface area (Å²) in [6.07, 6.45) is 1.48. The number of nitrogens with two attached hydrogens (primary N) is 1. The van der Waals surface area contributed by atoms with Crippen molar-refractivity contribution in [2.45, 2.75) is 19.9 Å². The number of hydrogen-bond donors (Lipinski definition) is 2. The molecule has 0 bridgehead atoms. The summed E-state index contributed by atoms with van der Waals surface area (Å²) in [5, 5.41) is 2.91. The molecule has 0 saturated carbocycles. The van der Waals surface area contributed by atoms with Crippen LogP contribution in [-0.4, -0.2) is 10.9 Å². The summed E-state index contributed by atoms with van der Waals surface area (Å²) in [5.41, 5.74) is 8.71. The number of pyridine rings is 1. The van der Waals surface area contributed by atoms with Crippen LogP contribution in [0, 0.1) is 6.92 Å². The highest BCUT2D eigenvalue weighted by molar-refractivity contribution is 5.92. The van der Waals surface area contributed by atoms with Gasteiger partial charge in [0.25, 0.3) is 5.91 Å². The molecule has 0 spiro atoms. The fraction of sp³-hybridized carbons (Fsp3) is 0.200. The number of rotatable bonds is 3. The van der Waals surface area contributed by atoms with Crippen LogP contribution in [0.1, 0.15) is 34.6 Å². The van der Waals surface area contributed by atoms with E-state index in [0.717, 1.165) is 5.56 Å². The summed E-state index contributed by atoms with van der Waals surface area (Å²) in [6, 6.07) is 11.3. The number of nitrogens with one attached hydrogen (secondary N) is 1. The Labute approximate surface area is 112 Å². The van der Waals surface area contributed by atoms with Crippen molar-refractivity contribution in [2.24, 2.45) is 0 Å². The largest absolute Gasteiger partial charge is 0.397 e. The lowest BCUT2D eigenvalue weighted by molar-refractivity contribution is 0.0935. The average Bonchev–Trinajstić information content (AvgIpc) is 2.40. The monoisotopic (exact) mass is 255 g/mol. The summed E-state index contributed by atoms with van der Waals surface area (Å²) in [7, 11) is 0. The summed E-state index contributed by atoms with van der Waals surface area (Å²) < 4.78 is 0. The first-order chi connectivity index (χ1) is 9.06. The van der Waals surface area contributed by atoms with Crippen LogP contribution in [0.5, 0.6) is 0 Å². The number of nitrogens with zero attached hydrogens (tertiary/aromatic N) is 1. The number of aryl methyl sites for hydroxylation is 1. The third-order valence-electron chi connectivity index (χ3n) is 2.94. The molecule has 1 aromatic carbocycles. The molecule has 1 heterocycles. The van der Waals surface area contributed by atoms with Crippen molar-refractivity contribution in [1.82, 2.24) is 10.3 Å². The van der Waals surface area contributed by atoms with Gasteiger partial charge in [0.15, 0.2) is 0 Å². The number of benzene rings is 1. The first kappa shape index (κ1) is 13.1. The molecule has 4 heteroatoms. The molecule has 3 N–H and O–H groups in total. The number of amides is 1. The Morgan fingerprint density at radius 2 is 1.89 bits per heavy atom. The van der Waals surface area contributed by atoms with Crippen molar-refractivity contribution in [2.75, 3.05) is 5.73 Å². The maximum Gasteiger partial charge on any atom is 0.270 e. The van der Waals surface area contributed by atoms with Gasteiger partial charge in [-0.3, -0.25) is 4.79 Å². The molecule has 0 aliphatic heterocycles. The highest BCUT2D eigenvalue weighted by atomic mass is 16.1. The second-order valence-corrected chi connectivity index (χ2v) is 4.58. The molecule has 98 valence electrons. The summed E-state index contributed by atoms with van der Waals surface area (Å²) >= 11 is 0. The molecular formula is C15H17N3O. The second-order valence-electron chi connectivity index (χ2n) is 4.58. The van der Waals surface area contributed by atoms with Gasteiger partial charge >= 0.3 is 0 Å². The minimum Gasteiger partial charge on any atom is -0.397 e. The van der Waals surface area contributed by atoms with Crippen LogP contribution in [-0.2, 0) is 0 Å². The highest BCUT2D eigenvalue weighted by Crippen LogP contribution is 2.13. The number of anilines is 1. The van der Waals surface area contributed by atoms with E-state index >= 15 is 0 Å². The number of carbonyl (C=O) groups excluding carboxylic acids is 1. The minimum absolute atomic E-state index is 0.0625. The maximum absolute atomic E-state index is 12.0. The van der Waals surface area contributed by atoms with Gasteiger partial charge < -0.3 is 11.1 Å². The number of aromatic nitrogens is 1. The van der Waals surface area contributed by atoms with Gasteiger partial charge in [-0.1, -0.05) is 29.8 Å². The number of nitrogen functional groups attached to an aromatic ring is 1. The van der Waals surface area contributed by atoms with E-state index in [-0.39, 0.29) is 11.9 Å². The normalized spacial score (nSPS) is 11.9. The fourth-order valence-corrected chi connectivity index (χ4v) is 1.75. The molecule has 0 fully saturated rings. The summed E-state index contributed by atoms with van der Waals surface area (Å²) in [5.74, 6) is -0.201. The van der Waals surface area contributed by atoms with Gasteiger partial charge in [-0.15, -0.1) is 0 Å². The molecule has 19 heavy (non-hydrogen) atoms. The first-order valence-electron chi connectivity index (χ1n) is 6.15. The Morgan fingerprint density at radius 1 is 1.21 bits per heavy atom. The third-order valence-corrected chi connectivity index (χ3v) is 2.94. The number of carbonyl (C=O) groups is 1. The van der Waals surface area contributed by atoms with Gasteiger partial charge in [-0.25, -0.2) is 4.98 Å². The van der Waals surface area contributed by atoms with Crippen molar-refractivity contribution >= 4 is 11.6 Å². The van der Waals surface area contributed by atoms with E-state index in [1.807, 2.05) is 38.1 Å². The van der Waals surface area contributed by atoms with E-state index in [1.165, 1.54) is 11.8 Å². The van der Waals surface area contributed by atoms with Crippen molar-refractivity contribution in [1.29, 1.82) is 0 Å². The van der Waals surface area contributed by atoms with Crippen molar-refractivity contribution in [3.05, 3.63) is 59.4 Å². The maximum atomic E-state index is 12.0. The molecule has 2 rings (SSSR count). The van der Waals surface area contributed by atoms with Crippen molar-refractivity contribution in [3.63, 3.8) is 0 Å². The molecular weight excluding hydrogens is 238 g/mol. The summed E-state index contributed by atoms with van der Waals surface area (Å²) in [4.78, 5) is 16.0. The van der Waals surface area contributed by atoms with Crippen molar-refractivity contribution in [3.8, 4) is 0 Å². The number of hydrogen-bond acceptors (Lipinski definition) is 3. The lowest BCUT2D eigenvalue weighted by Crippen LogP contribution is -2.27. The molecule has 0 aliphatic rings. The van der Waals surface area contributed by atoms with E-state index < -0.39 is 0 Å². The lowest BCUT2D eigenvalue weighted by atomic mass is 10.1. The van der Waals surface area contributed by atoms with Crippen LogP contribution in [0.4, 0.5) is 5.69 Å². The smallest absolute Gasteiger partial charge is 0.270 e. The van der Waals surface area contributed by atoms with Gasteiger partial charge in [0.1, 0.15) is 5.69 Å². The zero-order chi connectivity index (χ0) is 13.8. The second kappa shape index (κ2) is 5.52. The van der Waals surface area contributed by atoms with E-state index in [1.54, 1.807) is 12.1 Å². The molecule has 1 atom stereocenters. The van der Waals surface area contributed by atoms with Crippen LogP contribution >= 0.6 is 0 Å². The molecule has 0 unspecified atom stereocenters. The van der Waals surface area contributed by atoms with Gasteiger partial charge in [0, 0.05) is 0 Å². The Hall–Kier alpha value is -2.36. The standard InChI is InChI=1S/C15H17N3O/c1-10-3-5-12(6-4-10)11(2)18-15(19)14-8-7-13(16)9-17-14/h3-9,11H,16H2,1-2H3,(H,18,19)/t11-/m0/s1. The van der Waals surface area contributed by atoms with Gasteiger partial charge in [0.2, 0.25) is 0 Å². The van der Waals surface area contributed by atoms with Gasteiger partial charge in [0.05, 0.1) is 17.9 Å². The Bertz CT molecular complexity index is 561. The quantitative estimate of drug-likeness (QED) is 0.885. The van der Waals surface area contributed by atoms with Crippen LogP contribution < -0.4 is 11.1 Å². The van der Waals surface area contributed by atoms with Gasteiger partial charge in [-0.2, -0.15) is 0 Å². The predicted octanol–water partition coefficient (Wildman–Crippen LogP) is 2.46. The van der Waals surface area contributed by atoms with E-state index in [4.69, 9.17) is 5.73 Å². The Kier molecular flexibility index (Phi) is 3.80. The van der Waals surface area contributed by atoms with E-state index in [9.17, 15) is 4.79 Å². The van der Waals surface area contributed by atoms with Crippen LogP contribution in [0.15, 0.2) is 42.6 Å². The van der Waals surface area contributed by atoms with Crippen LogP contribution in [0.3, 0.4) is 0 Å². The Balaban J connectivity index is 2.06. The average molecular weight is 255 g/mol. The molecule has 0 saturated heterocycles. The fourth-order valence-electron chi connectivity index (χ4n) is 1.75. The third kappa shape index (κ3) is 3.31. The molecule has 1 aromatic heterocycles. The Morgan fingerprint density at radius 3 is 2.47 bits per heavy atom. The van der Waals surface area contributed by atoms with E-state index in [0.29, 0.717) is 11.4 Å². The van der Waals surface area contributed by atoms with E-state index in [2.05, 4.69) is 10.3 Å². The van der Waals surface area contributed by atoms with Crippen LogP contribution in [0.25, 0.3) is 0 Å². The lowest BCUT2D eigenvalue weighted by Gasteiger charge is -2.14. The molecule has 0 radical (unpaired) electrons. The SMILES string of the molecule is Cc1ccc([C@H](C)NC(=O)c2ccc(N)cn2)cc1. The van der Waals surface area contributed by atoms with Crippen LogP contribution in [0.2, 0.25) is 0 Å². The minimum atomic E-state index is -0.201. The zero-order valence-electron chi connectivity index (χ0n) is 11.1. The zero-order valence-corrected chi connectivity index (χ0v) is 11.1. The summed E-state index contributed by atoms with van der Waals surface area (Å²) in [6.45, 7) is 3.98.